The zero-order valence-electron chi connectivity index (χ0n) is 17.4. The van der Waals surface area contributed by atoms with E-state index in [1.54, 1.807) is 0 Å². The van der Waals surface area contributed by atoms with Crippen molar-refractivity contribution in [2.45, 2.75) is 123 Å². The molecule has 0 heterocycles. The molecule has 0 radical (unpaired) electrons. The second-order valence-electron chi connectivity index (χ2n) is 8.36. The Morgan fingerprint density at radius 2 is 1.16 bits per heavy atom. The highest BCUT2D eigenvalue weighted by molar-refractivity contribution is 4.69. The Hall–Kier alpha value is -0.0800. The van der Waals surface area contributed by atoms with Gasteiger partial charge in [-0.25, -0.2) is 0 Å². The van der Waals surface area contributed by atoms with Gasteiger partial charge in [-0.05, 0) is 26.2 Å². The van der Waals surface area contributed by atoms with E-state index in [4.69, 9.17) is 9.47 Å². The van der Waals surface area contributed by atoms with Gasteiger partial charge in [-0.3, -0.25) is 0 Å². The first-order valence-electron chi connectivity index (χ1n) is 11.5. The van der Waals surface area contributed by atoms with Crippen LogP contribution in [0, 0.1) is 5.92 Å². The Morgan fingerprint density at radius 3 is 1.64 bits per heavy atom. The number of unbranched alkanes of at least 4 members (excludes halogenated alkanes) is 11. The molecule has 0 amide bonds. The van der Waals surface area contributed by atoms with Crippen molar-refractivity contribution in [2.75, 3.05) is 19.8 Å². The van der Waals surface area contributed by atoms with Gasteiger partial charge in [-0.15, -0.1) is 0 Å². The standard InChI is InChI=1S/C23H46O2/c1-22(2)25-21-20-24-19-14-12-10-8-6-4-3-5-7-9-11-13-16-23-17-15-18-23/h22-23H,3-21H2,1-2H3. The molecule has 1 aliphatic rings. The van der Waals surface area contributed by atoms with Gasteiger partial charge in [0.2, 0.25) is 0 Å². The minimum Gasteiger partial charge on any atom is -0.379 e. The third-order valence-corrected chi connectivity index (χ3v) is 5.55. The van der Waals surface area contributed by atoms with Gasteiger partial charge in [-0.2, -0.15) is 0 Å². The third kappa shape index (κ3) is 15.9. The lowest BCUT2D eigenvalue weighted by atomic mass is 9.81. The van der Waals surface area contributed by atoms with E-state index < -0.39 is 0 Å². The molecule has 0 aromatic rings. The quantitative estimate of drug-likeness (QED) is 0.227. The molecule has 1 aliphatic carbocycles. The van der Waals surface area contributed by atoms with Crippen molar-refractivity contribution in [3.8, 4) is 0 Å². The highest BCUT2D eigenvalue weighted by atomic mass is 16.5. The summed E-state index contributed by atoms with van der Waals surface area (Å²) < 4.78 is 11.0. The number of ether oxygens (including phenoxy) is 2. The highest BCUT2D eigenvalue weighted by Crippen LogP contribution is 2.31. The van der Waals surface area contributed by atoms with Crippen LogP contribution in [0.4, 0.5) is 0 Å². The molecule has 0 saturated heterocycles. The molecule has 0 bridgehead atoms. The highest BCUT2D eigenvalue weighted by Gasteiger charge is 2.15. The first kappa shape index (κ1) is 23.0. The van der Waals surface area contributed by atoms with Crippen molar-refractivity contribution in [1.82, 2.24) is 0 Å². The van der Waals surface area contributed by atoms with E-state index in [0.717, 1.165) is 25.7 Å². The maximum Gasteiger partial charge on any atom is 0.0703 e. The Bertz CT molecular complexity index is 261. The molecule has 1 saturated carbocycles. The molecule has 0 aliphatic heterocycles. The topological polar surface area (TPSA) is 18.5 Å². The van der Waals surface area contributed by atoms with Crippen LogP contribution in [0.3, 0.4) is 0 Å². The summed E-state index contributed by atoms with van der Waals surface area (Å²) in [6.45, 7) is 6.52. The fourth-order valence-electron chi connectivity index (χ4n) is 3.63. The van der Waals surface area contributed by atoms with Gasteiger partial charge in [0.15, 0.2) is 0 Å². The molecule has 0 unspecified atom stereocenters. The summed E-state index contributed by atoms with van der Waals surface area (Å²) in [4.78, 5) is 0. The molecule has 1 fully saturated rings. The number of hydrogen-bond acceptors (Lipinski definition) is 2. The smallest absolute Gasteiger partial charge is 0.0703 e. The fourth-order valence-corrected chi connectivity index (χ4v) is 3.63. The molecular formula is C23H46O2. The lowest BCUT2D eigenvalue weighted by molar-refractivity contribution is 0.0186. The van der Waals surface area contributed by atoms with Crippen LogP contribution in [0.15, 0.2) is 0 Å². The van der Waals surface area contributed by atoms with Gasteiger partial charge in [0.25, 0.3) is 0 Å². The van der Waals surface area contributed by atoms with E-state index in [-0.39, 0.29) is 0 Å². The molecular weight excluding hydrogens is 308 g/mol. The summed E-state index contributed by atoms with van der Waals surface area (Å²) in [5, 5.41) is 0. The van der Waals surface area contributed by atoms with Crippen molar-refractivity contribution >= 4 is 0 Å². The van der Waals surface area contributed by atoms with E-state index in [2.05, 4.69) is 13.8 Å². The Morgan fingerprint density at radius 1 is 0.640 bits per heavy atom. The second kappa shape index (κ2) is 17.3. The summed E-state index contributed by atoms with van der Waals surface area (Å²) in [6, 6.07) is 0. The van der Waals surface area contributed by atoms with Crippen molar-refractivity contribution in [1.29, 1.82) is 0 Å². The van der Waals surface area contributed by atoms with Crippen LogP contribution in [0.2, 0.25) is 0 Å². The van der Waals surface area contributed by atoms with Crippen LogP contribution >= 0.6 is 0 Å². The largest absolute Gasteiger partial charge is 0.379 e. The maximum atomic E-state index is 5.58. The summed E-state index contributed by atoms with van der Waals surface area (Å²) in [6.07, 6.45) is 23.5. The van der Waals surface area contributed by atoms with E-state index >= 15 is 0 Å². The van der Waals surface area contributed by atoms with Crippen molar-refractivity contribution in [2.24, 2.45) is 5.92 Å². The SMILES string of the molecule is CC(C)OCCOCCCCCCCCCCCCCCC1CCC1. The summed E-state index contributed by atoms with van der Waals surface area (Å²) >= 11 is 0. The van der Waals surface area contributed by atoms with E-state index in [1.165, 1.54) is 103 Å². The van der Waals surface area contributed by atoms with E-state index in [0.29, 0.717) is 6.10 Å². The molecule has 0 N–H and O–H groups in total. The lowest BCUT2D eigenvalue weighted by Gasteiger charge is -2.24. The van der Waals surface area contributed by atoms with Crippen molar-refractivity contribution in [3.05, 3.63) is 0 Å². The molecule has 0 aromatic carbocycles. The third-order valence-electron chi connectivity index (χ3n) is 5.55. The molecule has 0 atom stereocenters. The summed E-state index contributed by atoms with van der Waals surface area (Å²) in [7, 11) is 0. The van der Waals surface area contributed by atoms with Crippen molar-refractivity contribution < 1.29 is 9.47 Å². The Balaban J connectivity index is 1.61. The minimum atomic E-state index is 0.320. The van der Waals surface area contributed by atoms with Crippen LogP contribution in [0.1, 0.15) is 117 Å². The van der Waals surface area contributed by atoms with Gasteiger partial charge in [0.05, 0.1) is 19.3 Å². The average Bonchev–Trinajstić information content (AvgIpc) is 2.55. The number of rotatable bonds is 19. The number of hydrogen-bond donors (Lipinski definition) is 0. The van der Waals surface area contributed by atoms with E-state index in [1.807, 2.05) is 0 Å². The monoisotopic (exact) mass is 354 g/mol. The van der Waals surface area contributed by atoms with Crippen LogP contribution in [-0.4, -0.2) is 25.9 Å². The van der Waals surface area contributed by atoms with Gasteiger partial charge >= 0.3 is 0 Å². The van der Waals surface area contributed by atoms with Crippen LogP contribution in [0.5, 0.6) is 0 Å². The normalized spacial score (nSPS) is 15.0. The fraction of sp³-hybridized carbons (Fsp3) is 1.00. The molecule has 2 heteroatoms. The van der Waals surface area contributed by atoms with Gasteiger partial charge in [0.1, 0.15) is 0 Å². The molecule has 0 spiro atoms. The van der Waals surface area contributed by atoms with Gasteiger partial charge < -0.3 is 9.47 Å². The predicted molar refractivity (Wildman–Crippen MR) is 109 cm³/mol. The second-order valence-corrected chi connectivity index (χ2v) is 8.36. The minimum absolute atomic E-state index is 0.320. The van der Waals surface area contributed by atoms with E-state index in [9.17, 15) is 0 Å². The van der Waals surface area contributed by atoms with Gasteiger partial charge in [0, 0.05) is 6.61 Å². The van der Waals surface area contributed by atoms with Crippen LogP contribution < -0.4 is 0 Å². The lowest BCUT2D eigenvalue weighted by Crippen LogP contribution is -2.10. The predicted octanol–water partition coefficient (Wildman–Crippen LogP) is 7.30. The zero-order chi connectivity index (χ0) is 18.0. The zero-order valence-corrected chi connectivity index (χ0v) is 17.4. The first-order valence-corrected chi connectivity index (χ1v) is 11.5. The van der Waals surface area contributed by atoms with Gasteiger partial charge in [-0.1, -0.05) is 96.3 Å². The summed E-state index contributed by atoms with van der Waals surface area (Å²) in [5.41, 5.74) is 0. The van der Waals surface area contributed by atoms with Crippen LogP contribution in [-0.2, 0) is 9.47 Å². The Labute approximate surface area is 158 Å². The summed E-state index contributed by atoms with van der Waals surface area (Å²) in [5.74, 6) is 1.12. The van der Waals surface area contributed by atoms with Crippen molar-refractivity contribution in [3.63, 3.8) is 0 Å². The molecule has 0 aromatic heterocycles. The molecule has 25 heavy (non-hydrogen) atoms. The molecule has 150 valence electrons. The average molecular weight is 355 g/mol. The van der Waals surface area contributed by atoms with Crippen LogP contribution in [0.25, 0.3) is 0 Å². The first-order chi connectivity index (χ1) is 12.3. The molecule has 2 nitrogen and oxygen atoms in total. The molecule has 1 rings (SSSR count). The maximum absolute atomic E-state index is 5.58. The Kier molecular flexibility index (Phi) is 15.9.